The van der Waals surface area contributed by atoms with E-state index in [2.05, 4.69) is 9.88 Å². The van der Waals surface area contributed by atoms with Crippen molar-refractivity contribution in [2.24, 2.45) is 0 Å². The number of para-hydroxylation sites is 2. The number of anilines is 1. The second-order valence-corrected chi connectivity index (χ2v) is 6.72. The van der Waals surface area contributed by atoms with E-state index in [0.29, 0.717) is 44.9 Å². The van der Waals surface area contributed by atoms with Gasteiger partial charge in [-0.3, -0.25) is 14.9 Å². The first-order chi connectivity index (χ1) is 13.6. The number of benzene rings is 2. The van der Waals surface area contributed by atoms with E-state index in [1.54, 1.807) is 12.1 Å². The highest BCUT2D eigenvalue weighted by molar-refractivity contribution is 5.77. The predicted molar refractivity (Wildman–Crippen MR) is 104 cm³/mol. The standard InChI is InChI=1S/C20H20N4O4/c25-20(10-9-19-21-17-3-1-2-4-18(17)28-19)23-13-11-22(12-14-23)15-5-7-16(8-6-15)24(26)27/h1-8H,9-14H2. The van der Waals surface area contributed by atoms with E-state index in [9.17, 15) is 14.9 Å². The van der Waals surface area contributed by atoms with Crippen LogP contribution in [0, 0.1) is 10.1 Å². The second kappa shape index (κ2) is 7.67. The number of non-ortho nitro benzene ring substituents is 1. The van der Waals surface area contributed by atoms with Crippen molar-refractivity contribution >= 4 is 28.4 Å². The molecule has 1 saturated heterocycles. The van der Waals surface area contributed by atoms with Crippen LogP contribution in [0.2, 0.25) is 0 Å². The number of hydrogen-bond donors (Lipinski definition) is 0. The van der Waals surface area contributed by atoms with Gasteiger partial charge in [-0.15, -0.1) is 0 Å². The van der Waals surface area contributed by atoms with Gasteiger partial charge in [0.25, 0.3) is 5.69 Å². The van der Waals surface area contributed by atoms with Crippen LogP contribution in [0.3, 0.4) is 0 Å². The monoisotopic (exact) mass is 380 g/mol. The van der Waals surface area contributed by atoms with E-state index < -0.39 is 4.92 Å². The highest BCUT2D eigenvalue weighted by atomic mass is 16.6. The van der Waals surface area contributed by atoms with Crippen LogP contribution in [-0.4, -0.2) is 46.9 Å². The highest BCUT2D eigenvalue weighted by Gasteiger charge is 2.22. The first-order valence-electron chi connectivity index (χ1n) is 9.22. The third-order valence-corrected chi connectivity index (χ3v) is 4.95. The van der Waals surface area contributed by atoms with Gasteiger partial charge in [0, 0.05) is 56.8 Å². The molecule has 1 fully saturated rings. The fraction of sp³-hybridized carbons (Fsp3) is 0.300. The quantitative estimate of drug-likeness (QED) is 0.499. The van der Waals surface area contributed by atoms with Crippen LogP contribution in [0.5, 0.6) is 0 Å². The van der Waals surface area contributed by atoms with Crippen molar-refractivity contribution in [1.82, 2.24) is 9.88 Å². The maximum Gasteiger partial charge on any atom is 0.269 e. The maximum atomic E-state index is 12.5. The Morgan fingerprint density at radius 2 is 1.79 bits per heavy atom. The number of oxazole rings is 1. The van der Waals surface area contributed by atoms with E-state index in [1.165, 1.54) is 12.1 Å². The molecule has 8 heteroatoms. The smallest absolute Gasteiger partial charge is 0.269 e. The molecule has 2 aromatic carbocycles. The molecule has 8 nitrogen and oxygen atoms in total. The molecule has 144 valence electrons. The molecule has 0 spiro atoms. The van der Waals surface area contributed by atoms with Crippen molar-refractivity contribution in [2.75, 3.05) is 31.1 Å². The lowest BCUT2D eigenvalue weighted by Crippen LogP contribution is -2.48. The van der Waals surface area contributed by atoms with Gasteiger partial charge in [-0.1, -0.05) is 12.1 Å². The van der Waals surface area contributed by atoms with Crippen LogP contribution < -0.4 is 4.90 Å². The number of rotatable bonds is 5. The Labute approximate surface area is 161 Å². The summed E-state index contributed by atoms with van der Waals surface area (Å²) in [4.78, 5) is 31.3. The number of fused-ring (bicyclic) bond motifs is 1. The number of aryl methyl sites for hydroxylation is 1. The Bertz CT molecular complexity index is 958. The van der Waals surface area contributed by atoms with E-state index in [0.717, 1.165) is 16.8 Å². The van der Waals surface area contributed by atoms with Gasteiger partial charge >= 0.3 is 0 Å². The van der Waals surface area contributed by atoms with Gasteiger partial charge in [-0.2, -0.15) is 0 Å². The van der Waals surface area contributed by atoms with E-state index in [1.807, 2.05) is 29.2 Å². The molecule has 0 aliphatic carbocycles. The molecule has 0 unspecified atom stereocenters. The minimum absolute atomic E-state index is 0.0803. The van der Waals surface area contributed by atoms with Crippen LogP contribution in [-0.2, 0) is 11.2 Å². The number of carbonyl (C=O) groups is 1. The van der Waals surface area contributed by atoms with Crippen molar-refractivity contribution in [3.63, 3.8) is 0 Å². The Balaban J connectivity index is 1.29. The van der Waals surface area contributed by atoms with Crippen LogP contribution in [0.25, 0.3) is 11.1 Å². The van der Waals surface area contributed by atoms with Gasteiger partial charge in [0.1, 0.15) is 5.52 Å². The number of aromatic nitrogens is 1. The average Bonchev–Trinajstić information content (AvgIpc) is 3.15. The molecule has 2 heterocycles. The van der Waals surface area contributed by atoms with Crippen molar-refractivity contribution < 1.29 is 14.1 Å². The third kappa shape index (κ3) is 3.80. The van der Waals surface area contributed by atoms with Gasteiger partial charge in [-0.05, 0) is 24.3 Å². The molecule has 3 aromatic rings. The normalized spacial score (nSPS) is 14.4. The van der Waals surface area contributed by atoms with Gasteiger partial charge in [0.05, 0.1) is 4.92 Å². The zero-order valence-corrected chi connectivity index (χ0v) is 15.3. The van der Waals surface area contributed by atoms with Crippen molar-refractivity contribution in [3.8, 4) is 0 Å². The van der Waals surface area contributed by atoms with E-state index in [-0.39, 0.29) is 11.6 Å². The SMILES string of the molecule is O=C(CCc1nc2ccccc2o1)N1CCN(c2ccc([N+](=O)[O-])cc2)CC1. The minimum atomic E-state index is -0.406. The van der Waals surface area contributed by atoms with Gasteiger partial charge in [0.15, 0.2) is 11.5 Å². The van der Waals surface area contributed by atoms with Crippen LogP contribution in [0.15, 0.2) is 52.9 Å². The van der Waals surface area contributed by atoms with E-state index in [4.69, 9.17) is 4.42 Å². The molecule has 4 rings (SSSR count). The molecule has 0 atom stereocenters. The number of carbonyl (C=O) groups excluding carboxylic acids is 1. The lowest BCUT2D eigenvalue weighted by Gasteiger charge is -2.36. The molecule has 0 saturated carbocycles. The number of nitro groups is 1. The first kappa shape index (κ1) is 18.0. The fourth-order valence-electron chi connectivity index (χ4n) is 3.40. The molecule has 28 heavy (non-hydrogen) atoms. The van der Waals surface area contributed by atoms with Gasteiger partial charge in [0.2, 0.25) is 5.91 Å². The Morgan fingerprint density at radius 3 is 2.46 bits per heavy atom. The molecule has 1 aliphatic heterocycles. The summed E-state index contributed by atoms with van der Waals surface area (Å²) in [5.41, 5.74) is 2.56. The average molecular weight is 380 g/mol. The predicted octanol–water partition coefficient (Wildman–Crippen LogP) is 3.02. The summed E-state index contributed by atoms with van der Waals surface area (Å²) < 4.78 is 5.67. The summed E-state index contributed by atoms with van der Waals surface area (Å²) in [6.07, 6.45) is 0.848. The molecular formula is C20H20N4O4. The number of piperazine rings is 1. The van der Waals surface area contributed by atoms with E-state index >= 15 is 0 Å². The number of hydrogen-bond acceptors (Lipinski definition) is 6. The van der Waals surface area contributed by atoms with Gasteiger partial charge in [-0.25, -0.2) is 4.98 Å². The number of amides is 1. The first-order valence-corrected chi connectivity index (χ1v) is 9.22. The summed E-state index contributed by atoms with van der Waals surface area (Å²) in [7, 11) is 0. The maximum absolute atomic E-state index is 12.5. The van der Waals surface area contributed by atoms with Gasteiger partial charge < -0.3 is 14.2 Å². The Kier molecular flexibility index (Phi) is 4.92. The molecule has 0 N–H and O–H groups in total. The fourth-order valence-corrected chi connectivity index (χ4v) is 3.40. The molecule has 1 aliphatic rings. The third-order valence-electron chi connectivity index (χ3n) is 4.95. The van der Waals surface area contributed by atoms with Crippen molar-refractivity contribution in [3.05, 3.63) is 64.5 Å². The Morgan fingerprint density at radius 1 is 1.07 bits per heavy atom. The lowest BCUT2D eigenvalue weighted by atomic mass is 10.2. The lowest BCUT2D eigenvalue weighted by molar-refractivity contribution is -0.384. The summed E-state index contributed by atoms with van der Waals surface area (Å²) in [6, 6.07) is 14.1. The van der Waals surface area contributed by atoms with Crippen LogP contribution in [0.4, 0.5) is 11.4 Å². The molecule has 0 bridgehead atoms. The number of nitro benzene ring substituents is 1. The Hall–Kier alpha value is -3.42. The topological polar surface area (TPSA) is 92.7 Å². The summed E-state index contributed by atoms with van der Waals surface area (Å²) in [5.74, 6) is 0.671. The summed E-state index contributed by atoms with van der Waals surface area (Å²) in [6.45, 7) is 2.66. The molecule has 1 amide bonds. The van der Waals surface area contributed by atoms with Crippen LogP contribution in [0.1, 0.15) is 12.3 Å². The molecule has 0 radical (unpaired) electrons. The summed E-state index contributed by atoms with van der Waals surface area (Å²) in [5, 5.41) is 10.8. The minimum Gasteiger partial charge on any atom is -0.441 e. The summed E-state index contributed by atoms with van der Waals surface area (Å²) >= 11 is 0. The molecular weight excluding hydrogens is 360 g/mol. The van der Waals surface area contributed by atoms with Crippen LogP contribution >= 0.6 is 0 Å². The molecule has 1 aromatic heterocycles. The second-order valence-electron chi connectivity index (χ2n) is 6.72. The van der Waals surface area contributed by atoms with Crippen molar-refractivity contribution in [2.45, 2.75) is 12.8 Å². The van der Waals surface area contributed by atoms with Crippen molar-refractivity contribution in [1.29, 1.82) is 0 Å². The largest absolute Gasteiger partial charge is 0.441 e. The number of nitrogens with zero attached hydrogens (tertiary/aromatic N) is 4. The zero-order valence-electron chi connectivity index (χ0n) is 15.3. The zero-order chi connectivity index (χ0) is 19.5. The highest BCUT2D eigenvalue weighted by Crippen LogP contribution is 2.21.